The molecule has 0 saturated heterocycles. The van der Waals surface area contributed by atoms with Crippen LogP contribution in [0.3, 0.4) is 0 Å². The van der Waals surface area contributed by atoms with Crippen molar-refractivity contribution in [3.05, 3.63) is 11.8 Å². The molecule has 0 aliphatic heterocycles. The van der Waals surface area contributed by atoms with Gasteiger partial charge in [0.25, 0.3) is 0 Å². The Kier molecular flexibility index (Phi) is 4.24. The van der Waals surface area contributed by atoms with Gasteiger partial charge in [0.1, 0.15) is 0 Å². The molecular weight excluding hydrogens is 136 g/mol. The summed E-state index contributed by atoms with van der Waals surface area (Å²) in [7, 11) is 0. The summed E-state index contributed by atoms with van der Waals surface area (Å²) in [4.78, 5) is 0. The van der Waals surface area contributed by atoms with Crippen LogP contribution in [0.5, 0.6) is 0 Å². The Morgan fingerprint density at radius 2 is 1.91 bits per heavy atom. The van der Waals surface area contributed by atoms with Crippen LogP contribution in [-0.4, -0.2) is 5.11 Å². The van der Waals surface area contributed by atoms with Crippen molar-refractivity contribution >= 4 is 0 Å². The summed E-state index contributed by atoms with van der Waals surface area (Å²) in [6.07, 6.45) is 5.00. The standard InChI is InChI=1S/C10H20O/c1-5-7-8-9(11)10(3,4)6-2/h8,11H,5-7H2,1-4H3. The van der Waals surface area contributed by atoms with E-state index < -0.39 is 0 Å². The number of aliphatic hydroxyl groups excluding tert-OH is 1. The summed E-state index contributed by atoms with van der Waals surface area (Å²) in [5, 5.41) is 9.57. The molecule has 1 heteroatoms. The van der Waals surface area contributed by atoms with E-state index in [4.69, 9.17) is 0 Å². The highest BCUT2D eigenvalue weighted by atomic mass is 16.3. The molecule has 1 nitrogen and oxygen atoms in total. The van der Waals surface area contributed by atoms with Crippen molar-refractivity contribution in [2.45, 2.75) is 47.0 Å². The third-order valence-corrected chi connectivity index (χ3v) is 2.20. The smallest absolute Gasteiger partial charge is 0.0938 e. The Labute approximate surface area is 70.1 Å². The number of hydrogen-bond donors (Lipinski definition) is 1. The van der Waals surface area contributed by atoms with Crippen LogP contribution >= 0.6 is 0 Å². The maximum Gasteiger partial charge on any atom is 0.0938 e. The fourth-order valence-corrected chi connectivity index (χ4v) is 0.738. The fourth-order valence-electron chi connectivity index (χ4n) is 0.738. The van der Waals surface area contributed by atoms with Gasteiger partial charge in [-0.2, -0.15) is 0 Å². The second kappa shape index (κ2) is 4.42. The minimum Gasteiger partial charge on any atom is -0.512 e. The van der Waals surface area contributed by atoms with Crippen LogP contribution in [0, 0.1) is 5.41 Å². The van der Waals surface area contributed by atoms with Gasteiger partial charge in [-0.15, -0.1) is 0 Å². The number of unbranched alkanes of at least 4 members (excludes halogenated alkanes) is 1. The zero-order chi connectivity index (χ0) is 8.91. The predicted octanol–water partition coefficient (Wildman–Crippen LogP) is 3.66. The second-order valence-electron chi connectivity index (χ2n) is 3.62. The fraction of sp³-hybridized carbons (Fsp3) is 0.800. The summed E-state index contributed by atoms with van der Waals surface area (Å²) < 4.78 is 0. The zero-order valence-corrected chi connectivity index (χ0v) is 8.15. The van der Waals surface area contributed by atoms with Gasteiger partial charge in [-0.25, -0.2) is 0 Å². The summed E-state index contributed by atoms with van der Waals surface area (Å²) in [6.45, 7) is 8.34. The maximum atomic E-state index is 9.57. The molecule has 0 rings (SSSR count). The monoisotopic (exact) mass is 156 g/mol. The van der Waals surface area contributed by atoms with Crippen LogP contribution in [-0.2, 0) is 0 Å². The van der Waals surface area contributed by atoms with Crippen molar-refractivity contribution in [1.82, 2.24) is 0 Å². The van der Waals surface area contributed by atoms with Gasteiger partial charge in [0.05, 0.1) is 5.76 Å². The van der Waals surface area contributed by atoms with Crippen molar-refractivity contribution in [3.8, 4) is 0 Å². The molecule has 0 heterocycles. The molecule has 0 aromatic rings. The lowest BCUT2D eigenvalue weighted by molar-refractivity contribution is 0.249. The van der Waals surface area contributed by atoms with E-state index in [1.165, 1.54) is 0 Å². The van der Waals surface area contributed by atoms with Crippen LogP contribution in [0.25, 0.3) is 0 Å². The Balaban J connectivity index is 4.09. The molecule has 0 aliphatic carbocycles. The minimum atomic E-state index is -0.0326. The van der Waals surface area contributed by atoms with Crippen molar-refractivity contribution in [2.75, 3.05) is 0 Å². The molecular formula is C10H20O. The molecule has 0 aromatic heterocycles. The van der Waals surface area contributed by atoms with Gasteiger partial charge in [0, 0.05) is 5.41 Å². The lowest BCUT2D eigenvalue weighted by atomic mass is 9.87. The number of rotatable bonds is 4. The molecule has 0 spiro atoms. The van der Waals surface area contributed by atoms with Gasteiger partial charge in [-0.05, 0) is 18.9 Å². The van der Waals surface area contributed by atoms with Crippen molar-refractivity contribution < 1.29 is 5.11 Å². The van der Waals surface area contributed by atoms with E-state index in [-0.39, 0.29) is 5.41 Å². The first-order chi connectivity index (χ1) is 5.04. The summed E-state index contributed by atoms with van der Waals surface area (Å²) >= 11 is 0. The van der Waals surface area contributed by atoms with Crippen LogP contribution in [0.15, 0.2) is 11.8 Å². The van der Waals surface area contributed by atoms with E-state index in [1.807, 2.05) is 6.08 Å². The Morgan fingerprint density at radius 1 is 1.36 bits per heavy atom. The quantitative estimate of drug-likeness (QED) is 0.616. The number of hydrogen-bond acceptors (Lipinski definition) is 1. The van der Waals surface area contributed by atoms with E-state index in [0.29, 0.717) is 5.76 Å². The Hall–Kier alpha value is -0.460. The average molecular weight is 156 g/mol. The molecule has 0 aliphatic rings. The van der Waals surface area contributed by atoms with Crippen LogP contribution in [0.1, 0.15) is 47.0 Å². The maximum absolute atomic E-state index is 9.57. The lowest BCUT2D eigenvalue weighted by Gasteiger charge is -2.21. The molecule has 0 atom stereocenters. The van der Waals surface area contributed by atoms with Crippen LogP contribution in [0.4, 0.5) is 0 Å². The molecule has 0 bridgehead atoms. The minimum absolute atomic E-state index is 0.0326. The summed E-state index contributed by atoms with van der Waals surface area (Å²) in [5.74, 6) is 0.543. The van der Waals surface area contributed by atoms with Crippen molar-refractivity contribution in [3.63, 3.8) is 0 Å². The van der Waals surface area contributed by atoms with Crippen LogP contribution < -0.4 is 0 Å². The molecule has 0 fully saturated rings. The average Bonchev–Trinajstić information content (AvgIpc) is 2.00. The lowest BCUT2D eigenvalue weighted by Crippen LogP contribution is -2.12. The summed E-state index contributed by atoms with van der Waals surface area (Å²) in [5.41, 5.74) is -0.0326. The van der Waals surface area contributed by atoms with Gasteiger partial charge in [-0.1, -0.05) is 34.1 Å². The van der Waals surface area contributed by atoms with Gasteiger partial charge in [0.2, 0.25) is 0 Å². The van der Waals surface area contributed by atoms with E-state index in [1.54, 1.807) is 0 Å². The molecule has 0 unspecified atom stereocenters. The number of allylic oxidation sites excluding steroid dienone is 2. The largest absolute Gasteiger partial charge is 0.512 e. The number of aliphatic hydroxyl groups is 1. The Morgan fingerprint density at radius 3 is 2.27 bits per heavy atom. The van der Waals surface area contributed by atoms with Crippen molar-refractivity contribution in [2.24, 2.45) is 5.41 Å². The molecule has 0 aromatic carbocycles. The Bertz CT molecular complexity index is 134. The first kappa shape index (κ1) is 10.5. The highest BCUT2D eigenvalue weighted by Gasteiger charge is 2.19. The normalized spacial score (nSPS) is 13.6. The first-order valence-corrected chi connectivity index (χ1v) is 4.44. The second-order valence-corrected chi connectivity index (χ2v) is 3.62. The van der Waals surface area contributed by atoms with E-state index in [0.717, 1.165) is 19.3 Å². The van der Waals surface area contributed by atoms with E-state index in [2.05, 4.69) is 27.7 Å². The zero-order valence-electron chi connectivity index (χ0n) is 8.15. The van der Waals surface area contributed by atoms with Crippen molar-refractivity contribution in [1.29, 1.82) is 0 Å². The molecule has 0 saturated carbocycles. The van der Waals surface area contributed by atoms with Gasteiger partial charge >= 0.3 is 0 Å². The third kappa shape index (κ3) is 3.45. The molecule has 0 radical (unpaired) electrons. The van der Waals surface area contributed by atoms with Gasteiger partial charge < -0.3 is 5.11 Å². The molecule has 66 valence electrons. The predicted molar refractivity (Wildman–Crippen MR) is 49.7 cm³/mol. The van der Waals surface area contributed by atoms with E-state index in [9.17, 15) is 5.11 Å². The van der Waals surface area contributed by atoms with Gasteiger partial charge in [0.15, 0.2) is 0 Å². The van der Waals surface area contributed by atoms with Gasteiger partial charge in [-0.3, -0.25) is 0 Å². The summed E-state index contributed by atoms with van der Waals surface area (Å²) in [6, 6.07) is 0. The van der Waals surface area contributed by atoms with E-state index >= 15 is 0 Å². The topological polar surface area (TPSA) is 20.2 Å². The third-order valence-electron chi connectivity index (χ3n) is 2.20. The highest BCUT2D eigenvalue weighted by Crippen LogP contribution is 2.27. The molecule has 11 heavy (non-hydrogen) atoms. The molecule has 0 amide bonds. The first-order valence-electron chi connectivity index (χ1n) is 4.44. The van der Waals surface area contributed by atoms with Crippen LogP contribution in [0.2, 0.25) is 0 Å². The SMILES string of the molecule is CCCC=C(O)C(C)(C)CC. The molecule has 1 N–H and O–H groups in total. The highest BCUT2D eigenvalue weighted by molar-refractivity contribution is 5.02.